The van der Waals surface area contributed by atoms with Crippen molar-refractivity contribution in [1.82, 2.24) is 4.90 Å². The van der Waals surface area contributed by atoms with Gasteiger partial charge in [0.2, 0.25) is 5.78 Å². The van der Waals surface area contributed by atoms with Gasteiger partial charge in [0.1, 0.15) is 5.92 Å². The van der Waals surface area contributed by atoms with E-state index in [2.05, 4.69) is 0 Å². The van der Waals surface area contributed by atoms with Crippen molar-refractivity contribution in [1.29, 1.82) is 0 Å². The number of ketones is 1. The lowest BCUT2D eigenvalue weighted by Gasteiger charge is -2.17. The topological polar surface area (TPSA) is 63.7 Å². The second-order valence-corrected chi connectivity index (χ2v) is 4.27. The van der Waals surface area contributed by atoms with Crippen molar-refractivity contribution in [2.24, 2.45) is 11.8 Å². The number of ether oxygens (including phenoxy) is 1. The van der Waals surface area contributed by atoms with Crippen LogP contribution in [0.25, 0.3) is 0 Å². The van der Waals surface area contributed by atoms with E-state index in [0.717, 1.165) is 0 Å². The van der Waals surface area contributed by atoms with Gasteiger partial charge in [-0.2, -0.15) is 0 Å². The van der Waals surface area contributed by atoms with E-state index in [0.29, 0.717) is 6.54 Å². The summed E-state index contributed by atoms with van der Waals surface area (Å²) >= 11 is 0. The maximum absolute atomic E-state index is 11.5. The fourth-order valence-electron chi connectivity index (χ4n) is 1.71. The first-order chi connectivity index (χ1) is 7.47. The molecule has 0 aliphatic carbocycles. The minimum atomic E-state index is -0.925. The predicted molar refractivity (Wildman–Crippen MR) is 56.5 cm³/mol. The molecule has 1 saturated heterocycles. The lowest BCUT2D eigenvalue weighted by Crippen LogP contribution is -2.30. The lowest BCUT2D eigenvalue weighted by molar-refractivity contribution is -0.151. The Balaban J connectivity index is 2.68. The van der Waals surface area contributed by atoms with Gasteiger partial charge < -0.3 is 9.64 Å². The minimum absolute atomic E-state index is 0.161. The Morgan fingerprint density at radius 2 is 2.12 bits per heavy atom. The normalized spacial score (nSPS) is 20.8. The van der Waals surface area contributed by atoms with Crippen molar-refractivity contribution in [3.63, 3.8) is 0 Å². The van der Waals surface area contributed by atoms with Crippen molar-refractivity contribution in [2.45, 2.75) is 20.8 Å². The van der Waals surface area contributed by atoms with Gasteiger partial charge in [0.05, 0.1) is 6.61 Å². The zero-order chi connectivity index (χ0) is 12.3. The number of hydrogen-bond donors (Lipinski definition) is 0. The average molecular weight is 227 g/mol. The number of amides is 1. The maximum Gasteiger partial charge on any atom is 0.318 e. The van der Waals surface area contributed by atoms with Crippen LogP contribution in [0.15, 0.2) is 0 Å². The molecule has 16 heavy (non-hydrogen) atoms. The number of hydrogen-bond acceptors (Lipinski definition) is 4. The molecule has 0 radical (unpaired) electrons. The molecule has 5 nitrogen and oxygen atoms in total. The second kappa shape index (κ2) is 5.09. The van der Waals surface area contributed by atoms with E-state index in [-0.39, 0.29) is 19.1 Å². The van der Waals surface area contributed by atoms with Crippen molar-refractivity contribution in [3.05, 3.63) is 0 Å². The monoisotopic (exact) mass is 227 g/mol. The number of nitrogens with zero attached hydrogens (tertiary/aromatic N) is 1. The number of esters is 1. The van der Waals surface area contributed by atoms with Gasteiger partial charge in [-0.1, -0.05) is 13.8 Å². The third-order valence-corrected chi connectivity index (χ3v) is 2.37. The molecule has 1 aliphatic heterocycles. The van der Waals surface area contributed by atoms with E-state index in [1.165, 1.54) is 4.90 Å². The first-order valence-corrected chi connectivity index (χ1v) is 5.47. The molecule has 1 atom stereocenters. The lowest BCUT2D eigenvalue weighted by atomic mass is 10.1. The van der Waals surface area contributed by atoms with Crippen LogP contribution in [0.5, 0.6) is 0 Å². The predicted octanol–water partition coefficient (Wildman–Crippen LogP) is 0.233. The smallest absolute Gasteiger partial charge is 0.318 e. The van der Waals surface area contributed by atoms with Gasteiger partial charge in [-0.25, -0.2) is 0 Å². The van der Waals surface area contributed by atoms with Gasteiger partial charge in [0.15, 0.2) is 0 Å². The van der Waals surface area contributed by atoms with E-state index >= 15 is 0 Å². The van der Waals surface area contributed by atoms with Crippen LogP contribution >= 0.6 is 0 Å². The van der Waals surface area contributed by atoms with Crippen LogP contribution in [-0.2, 0) is 19.1 Å². The largest absolute Gasteiger partial charge is 0.465 e. The standard InChI is InChI=1S/C11H17NO4/c1-4-16-11(15)8-6-12(5-7(2)3)10(14)9(8)13/h7-8H,4-6H2,1-3H3/t8-/m1/s1. The molecule has 0 aromatic carbocycles. The zero-order valence-electron chi connectivity index (χ0n) is 9.86. The van der Waals surface area contributed by atoms with Crippen LogP contribution < -0.4 is 0 Å². The Hall–Kier alpha value is -1.39. The van der Waals surface area contributed by atoms with E-state index in [1.54, 1.807) is 6.92 Å². The van der Waals surface area contributed by atoms with E-state index < -0.39 is 23.6 Å². The van der Waals surface area contributed by atoms with Crippen LogP contribution in [-0.4, -0.2) is 42.3 Å². The Labute approximate surface area is 94.7 Å². The molecule has 1 fully saturated rings. The van der Waals surface area contributed by atoms with Gasteiger partial charge in [-0.15, -0.1) is 0 Å². The number of carbonyl (C=O) groups excluding carboxylic acids is 3. The van der Waals surface area contributed by atoms with Crippen molar-refractivity contribution in [2.75, 3.05) is 19.7 Å². The molecular formula is C11H17NO4. The Morgan fingerprint density at radius 1 is 1.50 bits per heavy atom. The SMILES string of the molecule is CCOC(=O)[C@@H]1CN(CC(C)C)C(=O)C1=O. The van der Waals surface area contributed by atoms with Crippen LogP contribution in [0.2, 0.25) is 0 Å². The molecule has 5 heteroatoms. The molecule has 0 aromatic heterocycles. The summed E-state index contributed by atoms with van der Waals surface area (Å²) in [6, 6.07) is 0. The average Bonchev–Trinajstić information content (AvgIpc) is 2.46. The highest BCUT2D eigenvalue weighted by atomic mass is 16.5. The van der Waals surface area contributed by atoms with Gasteiger partial charge in [-0.05, 0) is 12.8 Å². The number of rotatable bonds is 4. The summed E-state index contributed by atoms with van der Waals surface area (Å²) in [5, 5.41) is 0. The molecule has 1 heterocycles. The molecule has 0 aromatic rings. The first-order valence-electron chi connectivity index (χ1n) is 5.47. The summed E-state index contributed by atoms with van der Waals surface area (Å²) in [7, 11) is 0. The third-order valence-electron chi connectivity index (χ3n) is 2.37. The summed E-state index contributed by atoms with van der Waals surface area (Å²) in [5.74, 6) is -2.44. The quantitative estimate of drug-likeness (QED) is 0.392. The second-order valence-electron chi connectivity index (χ2n) is 4.27. The molecule has 1 rings (SSSR count). The summed E-state index contributed by atoms with van der Waals surface area (Å²) in [6.07, 6.45) is 0. The molecule has 0 unspecified atom stereocenters. The summed E-state index contributed by atoms with van der Waals surface area (Å²) in [5.41, 5.74) is 0. The molecule has 0 spiro atoms. The van der Waals surface area contributed by atoms with Crippen LogP contribution in [0.3, 0.4) is 0 Å². The molecule has 0 saturated carbocycles. The van der Waals surface area contributed by atoms with Gasteiger partial charge >= 0.3 is 5.97 Å². The molecule has 90 valence electrons. The van der Waals surface area contributed by atoms with Gasteiger partial charge in [0, 0.05) is 13.1 Å². The highest BCUT2D eigenvalue weighted by molar-refractivity contribution is 6.42. The molecule has 1 amide bonds. The highest BCUT2D eigenvalue weighted by Crippen LogP contribution is 2.17. The van der Waals surface area contributed by atoms with Crippen molar-refractivity contribution >= 4 is 17.7 Å². The molecule has 0 bridgehead atoms. The summed E-state index contributed by atoms with van der Waals surface area (Å²) in [6.45, 7) is 6.46. The first kappa shape index (κ1) is 12.7. The Kier molecular flexibility index (Phi) is 4.04. The van der Waals surface area contributed by atoms with E-state index in [9.17, 15) is 14.4 Å². The molecule has 0 N–H and O–H groups in total. The summed E-state index contributed by atoms with van der Waals surface area (Å²) in [4.78, 5) is 35.9. The fraction of sp³-hybridized carbons (Fsp3) is 0.727. The number of Topliss-reactive ketones (excluding diaryl/α,β-unsaturated/α-hetero) is 1. The number of carbonyl (C=O) groups is 3. The minimum Gasteiger partial charge on any atom is -0.465 e. The van der Waals surface area contributed by atoms with Crippen LogP contribution in [0.1, 0.15) is 20.8 Å². The molecular weight excluding hydrogens is 210 g/mol. The Bertz CT molecular complexity index is 311. The third kappa shape index (κ3) is 2.59. The van der Waals surface area contributed by atoms with Gasteiger partial charge in [0.25, 0.3) is 5.91 Å². The van der Waals surface area contributed by atoms with Crippen LogP contribution in [0.4, 0.5) is 0 Å². The van der Waals surface area contributed by atoms with Crippen molar-refractivity contribution in [3.8, 4) is 0 Å². The number of likely N-dealkylation sites (tertiary alicyclic amines) is 1. The maximum atomic E-state index is 11.5. The van der Waals surface area contributed by atoms with Crippen molar-refractivity contribution < 1.29 is 19.1 Å². The van der Waals surface area contributed by atoms with E-state index in [1.807, 2.05) is 13.8 Å². The molecule has 1 aliphatic rings. The highest BCUT2D eigenvalue weighted by Gasteiger charge is 2.43. The fourth-order valence-corrected chi connectivity index (χ4v) is 1.71. The zero-order valence-corrected chi connectivity index (χ0v) is 9.86. The summed E-state index contributed by atoms with van der Waals surface area (Å²) < 4.78 is 4.76. The van der Waals surface area contributed by atoms with E-state index in [4.69, 9.17) is 4.74 Å². The van der Waals surface area contributed by atoms with Gasteiger partial charge in [-0.3, -0.25) is 14.4 Å². The Morgan fingerprint density at radius 3 is 2.62 bits per heavy atom. The van der Waals surface area contributed by atoms with Crippen LogP contribution in [0, 0.1) is 11.8 Å².